The van der Waals surface area contributed by atoms with Gasteiger partial charge in [-0.05, 0) is 29.8 Å². The van der Waals surface area contributed by atoms with Gasteiger partial charge in [0.1, 0.15) is 5.71 Å². The summed E-state index contributed by atoms with van der Waals surface area (Å²) in [5, 5.41) is 13.0. The second kappa shape index (κ2) is 6.63. The predicted molar refractivity (Wildman–Crippen MR) is 85.1 cm³/mol. The van der Waals surface area contributed by atoms with E-state index in [4.69, 9.17) is 0 Å². The lowest BCUT2D eigenvalue weighted by molar-refractivity contribution is 0.319. The number of hydrogen-bond acceptors (Lipinski definition) is 4. The van der Waals surface area contributed by atoms with Crippen LogP contribution in [0, 0.1) is 0 Å². The fraction of sp³-hybridized carbons (Fsp3) is 0.0556. The van der Waals surface area contributed by atoms with Crippen molar-refractivity contribution in [2.75, 3.05) is 0 Å². The van der Waals surface area contributed by atoms with E-state index in [1.807, 2.05) is 54.6 Å². The van der Waals surface area contributed by atoms with Gasteiger partial charge in [0.05, 0.1) is 0 Å². The third kappa shape index (κ3) is 3.01. The van der Waals surface area contributed by atoms with Gasteiger partial charge in [-0.15, -0.1) is 0 Å². The number of nitrogens with zero attached hydrogens (tertiary/aromatic N) is 3. The van der Waals surface area contributed by atoms with Crippen LogP contribution in [0.1, 0.15) is 22.4 Å². The van der Waals surface area contributed by atoms with Crippen LogP contribution in [0.5, 0.6) is 0 Å². The molecule has 0 aliphatic carbocycles. The lowest BCUT2D eigenvalue weighted by Crippen LogP contribution is -2.08. The van der Waals surface area contributed by atoms with Gasteiger partial charge in [0.15, 0.2) is 0 Å². The van der Waals surface area contributed by atoms with Gasteiger partial charge < -0.3 is 5.21 Å². The van der Waals surface area contributed by atoms with Gasteiger partial charge in [-0.2, -0.15) is 0 Å². The van der Waals surface area contributed by atoms with Crippen LogP contribution in [0.3, 0.4) is 0 Å². The second-order valence-corrected chi connectivity index (χ2v) is 4.85. The number of aromatic nitrogens is 2. The van der Waals surface area contributed by atoms with E-state index < -0.39 is 0 Å². The number of pyridine rings is 2. The van der Waals surface area contributed by atoms with E-state index in [9.17, 15) is 5.21 Å². The van der Waals surface area contributed by atoms with Crippen molar-refractivity contribution in [2.24, 2.45) is 5.16 Å². The summed E-state index contributed by atoms with van der Waals surface area (Å²) in [5.41, 5.74) is 4.19. The smallest absolute Gasteiger partial charge is 0.118 e. The first-order valence-electron chi connectivity index (χ1n) is 6.99. The van der Waals surface area contributed by atoms with Crippen molar-refractivity contribution >= 4 is 5.71 Å². The molecule has 108 valence electrons. The maximum absolute atomic E-state index is 9.47. The average molecular weight is 289 g/mol. The van der Waals surface area contributed by atoms with Crippen molar-refractivity contribution in [2.45, 2.75) is 6.42 Å². The van der Waals surface area contributed by atoms with Crippen molar-refractivity contribution in [3.05, 3.63) is 95.6 Å². The SMILES string of the molecule is ON=C(c1cccnc1)c1ccccc1Cc1ccccn1. The largest absolute Gasteiger partial charge is 0.410 e. The van der Waals surface area contributed by atoms with Gasteiger partial charge >= 0.3 is 0 Å². The standard InChI is InChI=1S/C18H15N3O/c22-21-18(15-7-5-10-19-13-15)17-9-2-1-6-14(17)12-16-8-3-4-11-20-16/h1-11,13,22H,12H2. The molecule has 0 bridgehead atoms. The molecule has 4 heteroatoms. The van der Waals surface area contributed by atoms with Gasteiger partial charge in [-0.25, -0.2) is 0 Å². The maximum atomic E-state index is 9.47. The summed E-state index contributed by atoms with van der Waals surface area (Å²) in [6, 6.07) is 17.4. The fourth-order valence-electron chi connectivity index (χ4n) is 2.37. The van der Waals surface area contributed by atoms with Crippen molar-refractivity contribution in [1.29, 1.82) is 0 Å². The van der Waals surface area contributed by atoms with Crippen molar-refractivity contribution in [3.63, 3.8) is 0 Å². The topological polar surface area (TPSA) is 58.4 Å². The van der Waals surface area contributed by atoms with Crippen LogP contribution in [-0.2, 0) is 6.42 Å². The van der Waals surface area contributed by atoms with Crippen LogP contribution in [0.2, 0.25) is 0 Å². The molecule has 4 nitrogen and oxygen atoms in total. The van der Waals surface area contributed by atoms with Crippen LogP contribution in [0.25, 0.3) is 0 Å². The Kier molecular flexibility index (Phi) is 4.20. The Balaban J connectivity index is 2.01. The Morgan fingerprint density at radius 3 is 2.55 bits per heavy atom. The average Bonchev–Trinajstić information content (AvgIpc) is 2.59. The molecule has 0 atom stereocenters. The summed E-state index contributed by atoms with van der Waals surface area (Å²) in [6.07, 6.45) is 5.83. The van der Waals surface area contributed by atoms with Gasteiger partial charge in [-0.3, -0.25) is 9.97 Å². The summed E-state index contributed by atoms with van der Waals surface area (Å²) in [7, 11) is 0. The minimum absolute atomic E-state index is 0.514. The van der Waals surface area contributed by atoms with Crippen LogP contribution in [0.4, 0.5) is 0 Å². The molecule has 0 radical (unpaired) electrons. The molecule has 0 amide bonds. The third-order valence-electron chi connectivity index (χ3n) is 3.41. The Hall–Kier alpha value is -3.01. The lowest BCUT2D eigenvalue weighted by Gasteiger charge is -2.10. The van der Waals surface area contributed by atoms with Crippen LogP contribution >= 0.6 is 0 Å². The molecule has 2 heterocycles. The zero-order chi connectivity index (χ0) is 15.2. The van der Waals surface area contributed by atoms with E-state index in [0.717, 1.165) is 22.4 Å². The normalized spacial score (nSPS) is 11.4. The Morgan fingerprint density at radius 2 is 1.82 bits per heavy atom. The highest BCUT2D eigenvalue weighted by Gasteiger charge is 2.12. The first-order chi connectivity index (χ1) is 10.9. The Morgan fingerprint density at radius 1 is 0.955 bits per heavy atom. The first kappa shape index (κ1) is 13.9. The molecule has 22 heavy (non-hydrogen) atoms. The zero-order valence-corrected chi connectivity index (χ0v) is 11.9. The van der Waals surface area contributed by atoms with Crippen LogP contribution in [0.15, 0.2) is 78.3 Å². The molecule has 1 N–H and O–H groups in total. The maximum Gasteiger partial charge on any atom is 0.118 e. The molecule has 0 unspecified atom stereocenters. The molecule has 0 aliphatic rings. The second-order valence-electron chi connectivity index (χ2n) is 4.85. The van der Waals surface area contributed by atoms with E-state index in [1.165, 1.54) is 0 Å². The molecule has 0 saturated carbocycles. The number of benzene rings is 1. The highest BCUT2D eigenvalue weighted by molar-refractivity contribution is 6.13. The predicted octanol–water partition coefficient (Wildman–Crippen LogP) is 3.29. The van der Waals surface area contributed by atoms with E-state index in [0.29, 0.717) is 12.1 Å². The van der Waals surface area contributed by atoms with Crippen molar-refractivity contribution in [3.8, 4) is 0 Å². The molecule has 2 aromatic heterocycles. The summed E-state index contributed by atoms with van der Waals surface area (Å²) in [6.45, 7) is 0. The summed E-state index contributed by atoms with van der Waals surface area (Å²) in [5.74, 6) is 0. The quantitative estimate of drug-likeness (QED) is 0.455. The van der Waals surface area contributed by atoms with Gasteiger partial charge in [-0.1, -0.05) is 35.5 Å². The van der Waals surface area contributed by atoms with E-state index >= 15 is 0 Å². The molecule has 3 rings (SSSR count). The third-order valence-corrected chi connectivity index (χ3v) is 3.41. The summed E-state index contributed by atoms with van der Waals surface area (Å²) in [4.78, 5) is 8.45. The van der Waals surface area contributed by atoms with E-state index in [1.54, 1.807) is 18.6 Å². The Bertz CT molecular complexity index is 771. The molecule has 3 aromatic rings. The monoisotopic (exact) mass is 289 g/mol. The van der Waals surface area contributed by atoms with Gasteiger partial charge in [0, 0.05) is 41.8 Å². The van der Waals surface area contributed by atoms with Crippen molar-refractivity contribution in [1.82, 2.24) is 9.97 Å². The Labute approximate surface area is 128 Å². The minimum atomic E-state index is 0.514. The number of rotatable bonds is 4. The summed E-state index contributed by atoms with van der Waals surface area (Å²) >= 11 is 0. The highest BCUT2D eigenvalue weighted by atomic mass is 16.4. The lowest BCUT2D eigenvalue weighted by atomic mass is 9.96. The minimum Gasteiger partial charge on any atom is -0.410 e. The van der Waals surface area contributed by atoms with Gasteiger partial charge in [0.25, 0.3) is 0 Å². The highest BCUT2D eigenvalue weighted by Crippen LogP contribution is 2.17. The van der Waals surface area contributed by atoms with Crippen LogP contribution < -0.4 is 0 Å². The van der Waals surface area contributed by atoms with Crippen LogP contribution in [-0.4, -0.2) is 20.9 Å². The van der Waals surface area contributed by atoms with E-state index in [2.05, 4.69) is 15.1 Å². The molecule has 0 spiro atoms. The molecule has 0 fully saturated rings. The summed E-state index contributed by atoms with van der Waals surface area (Å²) < 4.78 is 0. The first-order valence-corrected chi connectivity index (χ1v) is 6.99. The number of hydrogen-bond donors (Lipinski definition) is 1. The fourth-order valence-corrected chi connectivity index (χ4v) is 2.37. The molecular weight excluding hydrogens is 274 g/mol. The number of oxime groups is 1. The zero-order valence-electron chi connectivity index (χ0n) is 11.9. The molecular formula is C18H15N3O. The van der Waals surface area contributed by atoms with Crippen molar-refractivity contribution < 1.29 is 5.21 Å². The molecule has 1 aromatic carbocycles. The van der Waals surface area contributed by atoms with E-state index in [-0.39, 0.29) is 0 Å². The van der Waals surface area contributed by atoms with Gasteiger partial charge in [0.2, 0.25) is 0 Å². The molecule has 0 saturated heterocycles. The molecule has 0 aliphatic heterocycles.